The van der Waals surface area contributed by atoms with E-state index in [-0.39, 0.29) is 17.8 Å². The van der Waals surface area contributed by atoms with Crippen LogP contribution in [0.5, 0.6) is 0 Å². The van der Waals surface area contributed by atoms with Gasteiger partial charge in [-0.05, 0) is 12.8 Å². The number of imidazole rings is 1. The Balaban J connectivity index is 1.98. The standard InChI is InChI=1S/C10H17N3O2S/c1-2-9(10-11-4-5-12-10)13-8-3-6-16(14,15)7-8/h4-5,8-9,13H,2-3,6-7H2,1H3,(H,11,12). The average molecular weight is 243 g/mol. The van der Waals surface area contributed by atoms with E-state index >= 15 is 0 Å². The Bertz CT molecular complexity index is 427. The molecule has 90 valence electrons. The largest absolute Gasteiger partial charge is 0.347 e. The van der Waals surface area contributed by atoms with E-state index in [1.165, 1.54) is 0 Å². The van der Waals surface area contributed by atoms with Crippen LogP contribution in [0.25, 0.3) is 0 Å². The van der Waals surface area contributed by atoms with E-state index in [1.54, 1.807) is 12.4 Å². The van der Waals surface area contributed by atoms with Crippen LogP contribution < -0.4 is 5.32 Å². The number of sulfone groups is 1. The molecule has 0 amide bonds. The lowest BCUT2D eigenvalue weighted by Gasteiger charge is -2.18. The van der Waals surface area contributed by atoms with Crippen molar-refractivity contribution in [3.05, 3.63) is 18.2 Å². The third-order valence-electron chi connectivity index (χ3n) is 2.93. The monoisotopic (exact) mass is 243 g/mol. The van der Waals surface area contributed by atoms with Crippen molar-refractivity contribution in [3.63, 3.8) is 0 Å². The number of H-pyrrole nitrogens is 1. The first-order valence-electron chi connectivity index (χ1n) is 5.56. The quantitative estimate of drug-likeness (QED) is 0.813. The van der Waals surface area contributed by atoms with Crippen LogP contribution in [-0.2, 0) is 9.84 Å². The molecule has 0 aromatic carbocycles. The zero-order chi connectivity index (χ0) is 11.6. The van der Waals surface area contributed by atoms with Gasteiger partial charge in [-0.25, -0.2) is 13.4 Å². The maximum absolute atomic E-state index is 11.3. The van der Waals surface area contributed by atoms with Gasteiger partial charge in [0.2, 0.25) is 0 Å². The molecule has 0 bridgehead atoms. The van der Waals surface area contributed by atoms with Gasteiger partial charge in [-0.3, -0.25) is 0 Å². The van der Waals surface area contributed by atoms with Crippen LogP contribution >= 0.6 is 0 Å². The van der Waals surface area contributed by atoms with E-state index in [0.29, 0.717) is 12.2 Å². The summed E-state index contributed by atoms with van der Waals surface area (Å²) in [6, 6.07) is 0.188. The fourth-order valence-electron chi connectivity index (χ4n) is 2.07. The Morgan fingerprint density at radius 1 is 1.69 bits per heavy atom. The summed E-state index contributed by atoms with van der Waals surface area (Å²) in [6.45, 7) is 2.06. The van der Waals surface area contributed by atoms with Crippen molar-refractivity contribution in [2.24, 2.45) is 0 Å². The van der Waals surface area contributed by atoms with Crippen molar-refractivity contribution in [3.8, 4) is 0 Å². The smallest absolute Gasteiger partial charge is 0.151 e. The molecule has 2 atom stereocenters. The Morgan fingerprint density at radius 2 is 2.50 bits per heavy atom. The molecule has 1 aromatic rings. The normalized spacial score (nSPS) is 25.7. The molecule has 2 heterocycles. The van der Waals surface area contributed by atoms with Crippen LogP contribution in [0.4, 0.5) is 0 Å². The van der Waals surface area contributed by atoms with E-state index < -0.39 is 9.84 Å². The zero-order valence-corrected chi connectivity index (χ0v) is 10.1. The van der Waals surface area contributed by atoms with E-state index in [1.807, 2.05) is 0 Å². The van der Waals surface area contributed by atoms with Gasteiger partial charge in [0.1, 0.15) is 5.82 Å². The van der Waals surface area contributed by atoms with E-state index in [2.05, 4.69) is 22.2 Å². The highest BCUT2D eigenvalue weighted by Gasteiger charge is 2.29. The Labute approximate surface area is 95.6 Å². The average Bonchev–Trinajstić information content (AvgIpc) is 2.84. The second-order valence-electron chi connectivity index (χ2n) is 4.20. The summed E-state index contributed by atoms with van der Waals surface area (Å²) in [6.07, 6.45) is 5.10. The molecule has 1 aliphatic rings. The summed E-state index contributed by atoms with van der Waals surface area (Å²) in [4.78, 5) is 7.26. The summed E-state index contributed by atoms with van der Waals surface area (Å²) < 4.78 is 22.7. The fraction of sp³-hybridized carbons (Fsp3) is 0.700. The molecule has 1 aromatic heterocycles. The molecular formula is C10H17N3O2S. The van der Waals surface area contributed by atoms with Crippen molar-refractivity contribution < 1.29 is 8.42 Å². The molecule has 6 heteroatoms. The summed E-state index contributed by atoms with van der Waals surface area (Å²) in [5.74, 6) is 1.44. The van der Waals surface area contributed by atoms with E-state index in [4.69, 9.17) is 0 Å². The number of aromatic amines is 1. The first kappa shape index (κ1) is 11.6. The molecule has 0 radical (unpaired) electrons. The lowest BCUT2D eigenvalue weighted by Crippen LogP contribution is -2.34. The molecule has 1 aliphatic heterocycles. The fourth-order valence-corrected chi connectivity index (χ4v) is 3.76. The predicted octanol–water partition coefficient (Wildman–Crippen LogP) is 0.637. The van der Waals surface area contributed by atoms with Gasteiger partial charge in [0.25, 0.3) is 0 Å². The predicted molar refractivity (Wildman–Crippen MR) is 61.8 cm³/mol. The van der Waals surface area contributed by atoms with Gasteiger partial charge in [0.05, 0.1) is 17.5 Å². The van der Waals surface area contributed by atoms with Crippen molar-refractivity contribution >= 4 is 9.84 Å². The van der Waals surface area contributed by atoms with Crippen LogP contribution in [0.15, 0.2) is 12.4 Å². The first-order valence-corrected chi connectivity index (χ1v) is 7.38. The molecule has 16 heavy (non-hydrogen) atoms. The Hall–Kier alpha value is -0.880. The van der Waals surface area contributed by atoms with Crippen LogP contribution in [0.2, 0.25) is 0 Å². The molecule has 2 unspecified atom stereocenters. The lowest BCUT2D eigenvalue weighted by atomic mass is 10.1. The molecular weight excluding hydrogens is 226 g/mol. The van der Waals surface area contributed by atoms with Gasteiger partial charge in [0.15, 0.2) is 9.84 Å². The highest BCUT2D eigenvalue weighted by atomic mass is 32.2. The van der Waals surface area contributed by atoms with Crippen molar-refractivity contribution in [1.82, 2.24) is 15.3 Å². The number of nitrogens with one attached hydrogen (secondary N) is 2. The Kier molecular flexibility index (Phi) is 3.30. The maximum Gasteiger partial charge on any atom is 0.151 e. The Morgan fingerprint density at radius 3 is 3.00 bits per heavy atom. The lowest BCUT2D eigenvalue weighted by molar-refractivity contribution is 0.436. The molecule has 2 rings (SSSR count). The van der Waals surface area contributed by atoms with Crippen molar-refractivity contribution in [2.45, 2.75) is 31.8 Å². The van der Waals surface area contributed by atoms with E-state index in [9.17, 15) is 8.42 Å². The number of hydrogen-bond donors (Lipinski definition) is 2. The minimum Gasteiger partial charge on any atom is -0.347 e. The minimum absolute atomic E-state index is 0.0695. The van der Waals surface area contributed by atoms with Gasteiger partial charge >= 0.3 is 0 Å². The van der Waals surface area contributed by atoms with Gasteiger partial charge in [-0.15, -0.1) is 0 Å². The summed E-state index contributed by atoms with van der Waals surface area (Å²) in [7, 11) is -2.81. The molecule has 0 saturated carbocycles. The topological polar surface area (TPSA) is 74.8 Å². The third-order valence-corrected chi connectivity index (χ3v) is 4.69. The molecule has 2 N–H and O–H groups in total. The molecule has 0 spiro atoms. The molecule has 5 nitrogen and oxygen atoms in total. The van der Waals surface area contributed by atoms with Crippen molar-refractivity contribution in [2.75, 3.05) is 11.5 Å². The molecule has 0 aliphatic carbocycles. The van der Waals surface area contributed by atoms with Gasteiger partial charge in [-0.2, -0.15) is 0 Å². The van der Waals surface area contributed by atoms with Crippen molar-refractivity contribution in [1.29, 1.82) is 0 Å². The van der Waals surface area contributed by atoms with E-state index in [0.717, 1.165) is 12.2 Å². The van der Waals surface area contributed by atoms with Crippen LogP contribution in [0.1, 0.15) is 31.6 Å². The molecule has 1 fully saturated rings. The zero-order valence-electron chi connectivity index (χ0n) is 9.31. The SMILES string of the molecule is CCC(NC1CCS(=O)(=O)C1)c1ncc[nH]1. The number of rotatable bonds is 4. The van der Waals surface area contributed by atoms with Crippen LogP contribution in [0, 0.1) is 0 Å². The van der Waals surface area contributed by atoms with Crippen LogP contribution in [0.3, 0.4) is 0 Å². The summed E-state index contributed by atoms with van der Waals surface area (Å²) in [5, 5.41) is 3.35. The minimum atomic E-state index is -2.81. The van der Waals surface area contributed by atoms with Crippen LogP contribution in [-0.4, -0.2) is 35.9 Å². The second-order valence-corrected chi connectivity index (χ2v) is 6.43. The first-order chi connectivity index (χ1) is 7.61. The highest BCUT2D eigenvalue weighted by Crippen LogP contribution is 2.18. The number of aromatic nitrogens is 2. The molecule has 1 saturated heterocycles. The summed E-state index contributed by atoms with van der Waals surface area (Å²) in [5.41, 5.74) is 0. The van der Waals surface area contributed by atoms with Gasteiger partial charge in [0, 0.05) is 18.4 Å². The number of nitrogens with zero attached hydrogens (tertiary/aromatic N) is 1. The summed E-state index contributed by atoms with van der Waals surface area (Å²) >= 11 is 0. The number of hydrogen-bond acceptors (Lipinski definition) is 4. The second kappa shape index (κ2) is 4.55. The van der Waals surface area contributed by atoms with Gasteiger partial charge < -0.3 is 10.3 Å². The van der Waals surface area contributed by atoms with Gasteiger partial charge in [-0.1, -0.05) is 6.92 Å². The highest BCUT2D eigenvalue weighted by molar-refractivity contribution is 7.91. The maximum atomic E-state index is 11.3. The third kappa shape index (κ3) is 2.62.